The van der Waals surface area contributed by atoms with Crippen LogP contribution in [0.2, 0.25) is 0 Å². The average molecular weight is 207 g/mol. The molecular formula is C10H25NOS. The highest BCUT2D eigenvalue weighted by Gasteiger charge is 2.07. The third-order valence-corrected chi connectivity index (χ3v) is 1.72. The second kappa shape index (κ2) is 8.85. The maximum Gasteiger partial charge on any atom is 0.0448 e. The van der Waals surface area contributed by atoms with Gasteiger partial charge in [-0.3, -0.25) is 0 Å². The quantitative estimate of drug-likeness (QED) is 0.618. The summed E-state index contributed by atoms with van der Waals surface area (Å²) in [6.45, 7) is 8.38. The van der Waals surface area contributed by atoms with Crippen LogP contribution in [0.5, 0.6) is 0 Å². The van der Waals surface area contributed by atoms with E-state index in [0.717, 1.165) is 11.7 Å². The maximum atomic E-state index is 8.32. The molecular weight excluding hydrogens is 182 g/mol. The smallest absolute Gasteiger partial charge is 0.0448 e. The maximum absolute atomic E-state index is 8.32. The van der Waals surface area contributed by atoms with Gasteiger partial charge in [0.2, 0.25) is 0 Å². The van der Waals surface area contributed by atoms with E-state index < -0.39 is 0 Å². The predicted molar refractivity (Wildman–Crippen MR) is 63.3 cm³/mol. The van der Waals surface area contributed by atoms with Crippen molar-refractivity contribution < 1.29 is 5.11 Å². The van der Waals surface area contributed by atoms with Crippen LogP contribution in [-0.2, 0) is 0 Å². The SMILES string of the molecule is CC(C)(N)CCO.CC(C)CCS. The fourth-order valence-corrected chi connectivity index (χ4v) is 1.06. The van der Waals surface area contributed by atoms with Gasteiger partial charge in [-0.25, -0.2) is 0 Å². The fraction of sp³-hybridized carbons (Fsp3) is 1.00. The lowest BCUT2D eigenvalue weighted by atomic mass is 10.0. The molecule has 0 saturated carbocycles. The number of nitrogens with two attached hydrogens (primary N) is 1. The average Bonchev–Trinajstić information content (AvgIpc) is 1.84. The van der Waals surface area contributed by atoms with E-state index in [9.17, 15) is 0 Å². The van der Waals surface area contributed by atoms with Crippen molar-refractivity contribution in [1.82, 2.24) is 0 Å². The molecule has 3 heteroatoms. The first kappa shape index (κ1) is 15.7. The van der Waals surface area contributed by atoms with Crippen molar-refractivity contribution in [3.63, 3.8) is 0 Å². The van der Waals surface area contributed by atoms with E-state index in [-0.39, 0.29) is 12.1 Å². The van der Waals surface area contributed by atoms with E-state index in [1.165, 1.54) is 6.42 Å². The summed E-state index contributed by atoms with van der Waals surface area (Å²) in [6.07, 6.45) is 1.91. The number of aliphatic hydroxyl groups is 1. The first-order valence-electron chi connectivity index (χ1n) is 4.84. The summed E-state index contributed by atoms with van der Waals surface area (Å²) in [5.41, 5.74) is 5.29. The van der Waals surface area contributed by atoms with E-state index in [1.807, 2.05) is 13.8 Å². The molecule has 0 aromatic heterocycles. The summed E-state index contributed by atoms with van der Waals surface area (Å²) in [7, 11) is 0. The summed E-state index contributed by atoms with van der Waals surface area (Å²) in [5.74, 6) is 1.85. The first-order chi connectivity index (χ1) is 5.83. The largest absolute Gasteiger partial charge is 0.396 e. The minimum atomic E-state index is -0.200. The molecule has 0 aromatic rings. The molecule has 13 heavy (non-hydrogen) atoms. The molecule has 2 nitrogen and oxygen atoms in total. The van der Waals surface area contributed by atoms with Crippen molar-refractivity contribution >= 4 is 12.6 Å². The molecule has 0 fully saturated rings. The molecule has 0 heterocycles. The van der Waals surface area contributed by atoms with Gasteiger partial charge in [0, 0.05) is 12.1 Å². The Bertz CT molecular complexity index is 99.6. The minimum Gasteiger partial charge on any atom is -0.396 e. The monoisotopic (exact) mass is 207 g/mol. The van der Waals surface area contributed by atoms with Crippen molar-refractivity contribution in [2.75, 3.05) is 12.4 Å². The molecule has 0 amide bonds. The highest BCUT2D eigenvalue weighted by Crippen LogP contribution is 2.00. The van der Waals surface area contributed by atoms with Crippen LogP contribution in [0, 0.1) is 5.92 Å². The molecule has 0 aliphatic carbocycles. The lowest BCUT2D eigenvalue weighted by Gasteiger charge is -2.15. The molecule has 0 unspecified atom stereocenters. The number of thiol groups is 1. The van der Waals surface area contributed by atoms with Crippen molar-refractivity contribution in [2.24, 2.45) is 11.7 Å². The third kappa shape index (κ3) is 24.5. The Hall–Kier alpha value is 0.270. The second-order valence-corrected chi connectivity index (χ2v) is 4.82. The van der Waals surface area contributed by atoms with Gasteiger partial charge in [-0.2, -0.15) is 12.6 Å². The lowest BCUT2D eigenvalue weighted by molar-refractivity contribution is 0.254. The lowest BCUT2D eigenvalue weighted by Crippen LogP contribution is -2.32. The van der Waals surface area contributed by atoms with Crippen LogP contribution in [0.1, 0.15) is 40.5 Å². The number of rotatable bonds is 4. The Kier molecular flexibility index (Phi) is 10.7. The number of hydrogen-bond acceptors (Lipinski definition) is 3. The van der Waals surface area contributed by atoms with Crippen LogP contribution in [0.3, 0.4) is 0 Å². The third-order valence-electron chi connectivity index (χ3n) is 1.46. The molecule has 0 spiro atoms. The zero-order valence-corrected chi connectivity index (χ0v) is 10.3. The zero-order valence-electron chi connectivity index (χ0n) is 9.38. The van der Waals surface area contributed by atoms with Crippen LogP contribution in [-0.4, -0.2) is 23.0 Å². The fourth-order valence-electron chi connectivity index (χ4n) is 0.546. The van der Waals surface area contributed by atoms with Crippen molar-refractivity contribution in [3.05, 3.63) is 0 Å². The van der Waals surface area contributed by atoms with Crippen LogP contribution >= 0.6 is 12.6 Å². The summed E-state index contributed by atoms with van der Waals surface area (Å²) in [6, 6.07) is 0. The van der Waals surface area contributed by atoms with E-state index in [0.29, 0.717) is 6.42 Å². The van der Waals surface area contributed by atoms with Gasteiger partial charge in [0.1, 0.15) is 0 Å². The Morgan fingerprint density at radius 3 is 1.85 bits per heavy atom. The van der Waals surface area contributed by atoms with Crippen molar-refractivity contribution in [3.8, 4) is 0 Å². The summed E-state index contributed by atoms with van der Waals surface area (Å²) in [5, 5.41) is 8.32. The standard InChI is InChI=1S/C5H13NO.C5H12S/c1-5(2,6)3-4-7;1-5(2)3-4-6/h7H,3-4,6H2,1-2H3;5-6H,3-4H2,1-2H3. The van der Waals surface area contributed by atoms with Gasteiger partial charge in [0.05, 0.1) is 0 Å². The molecule has 0 bridgehead atoms. The first-order valence-corrected chi connectivity index (χ1v) is 5.47. The Morgan fingerprint density at radius 2 is 1.85 bits per heavy atom. The Morgan fingerprint density at radius 1 is 1.38 bits per heavy atom. The summed E-state index contributed by atoms with van der Waals surface area (Å²) in [4.78, 5) is 0. The number of aliphatic hydroxyl groups excluding tert-OH is 1. The van der Waals surface area contributed by atoms with Crippen LogP contribution in [0.25, 0.3) is 0 Å². The molecule has 0 rings (SSSR count). The van der Waals surface area contributed by atoms with Gasteiger partial charge in [-0.1, -0.05) is 13.8 Å². The van der Waals surface area contributed by atoms with Gasteiger partial charge >= 0.3 is 0 Å². The van der Waals surface area contributed by atoms with Crippen molar-refractivity contribution in [2.45, 2.75) is 46.1 Å². The normalized spacial score (nSPS) is 11.1. The molecule has 82 valence electrons. The van der Waals surface area contributed by atoms with Gasteiger partial charge in [0.15, 0.2) is 0 Å². The topological polar surface area (TPSA) is 46.2 Å². The van der Waals surface area contributed by atoms with Crippen LogP contribution in [0.15, 0.2) is 0 Å². The molecule has 0 saturated heterocycles. The van der Waals surface area contributed by atoms with Crippen molar-refractivity contribution in [1.29, 1.82) is 0 Å². The van der Waals surface area contributed by atoms with E-state index in [2.05, 4.69) is 26.5 Å². The van der Waals surface area contributed by atoms with Gasteiger partial charge in [-0.05, 0) is 38.4 Å². The zero-order chi connectivity index (χ0) is 10.9. The van der Waals surface area contributed by atoms with Gasteiger partial charge < -0.3 is 10.8 Å². The summed E-state index contributed by atoms with van der Waals surface area (Å²) < 4.78 is 0. The Balaban J connectivity index is 0. The van der Waals surface area contributed by atoms with Crippen LogP contribution in [0.4, 0.5) is 0 Å². The van der Waals surface area contributed by atoms with E-state index in [1.54, 1.807) is 0 Å². The van der Waals surface area contributed by atoms with Crippen LogP contribution < -0.4 is 5.73 Å². The Labute approximate surface area is 88.3 Å². The molecule has 3 N–H and O–H groups in total. The summed E-state index contributed by atoms with van der Waals surface area (Å²) >= 11 is 4.06. The second-order valence-electron chi connectivity index (χ2n) is 4.37. The molecule has 0 aliphatic heterocycles. The number of hydrogen-bond donors (Lipinski definition) is 3. The predicted octanol–water partition coefficient (Wildman–Crippen LogP) is 2.07. The van der Waals surface area contributed by atoms with Gasteiger partial charge in [0.25, 0.3) is 0 Å². The molecule has 0 aliphatic rings. The molecule has 0 radical (unpaired) electrons. The minimum absolute atomic E-state index is 0.184. The highest BCUT2D eigenvalue weighted by molar-refractivity contribution is 7.80. The van der Waals surface area contributed by atoms with E-state index in [4.69, 9.17) is 10.8 Å². The van der Waals surface area contributed by atoms with Gasteiger partial charge in [-0.15, -0.1) is 0 Å². The highest BCUT2D eigenvalue weighted by atomic mass is 32.1. The molecule has 0 atom stereocenters. The molecule has 0 aromatic carbocycles. The van der Waals surface area contributed by atoms with E-state index >= 15 is 0 Å².